The summed E-state index contributed by atoms with van der Waals surface area (Å²) >= 11 is 1.26. The minimum atomic E-state index is -0.146. The first-order valence-electron chi connectivity index (χ1n) is 9.68. The molecule has 150 valence electrons. The molecule has 4 aromatic rings. The van der Waals surface area contributed by atoms with Crippen LogP contribution in [0.2, 0.25) is 0 Å². The number of nitrogens with one attached hydrogen (secondary N) is 1. The molecule has 0 radical (unpaired) electrons. The van der Waals surface area contributed by atoms with Crippen molar-refractivity contribution in [3.05, 3.63) is 101 Å². The Kier molecular flexibility index (Phi) is 5.95. The lowest BCUT2D eigenvalue weighted by Gasteiger charge is -2.15. The van der Waals surface area contributed by atoms with Crippen LogP contribution in [0.4, 0.5) is 0 Å². The van der Waals surface area contributed by atoms with Crippen molar-refractivity contribution < 1.29 is 4.79 Å². The lowest BCUT2D eigenvalue weighted by atomic mass is 10.1. The lowest BCUT2D eigenvalue weighted by Crippen LogP contribution is -2.29. The standard InChI is InChI=1S/C24H21N3O2S/c1-17(18-10-4-2-5-11-18)25-22(28)16-30-24-26-21-15-9-8-14-20(21)23(29)27(24)19-12-6-3-7-13-19/h2-15,17H,16H2,1H3,(H,25,28)/t17-/m1/s1. The molecule has 0 saturated carbocycles. The van der Waals surface area contributed by atoms with Crippen LogP contribution in [0.15, 0.2) is 94.9 Å². The molecule has 0 aliphatic heterocycles. The van der Waals surface area contributed by atoms with E-state index in [9.17, 15) is 9.59 Å². The van der Waals surface area contributed by atoms with E-state index >= 15 is 0 Å². The molecule has 0 saturated heterocycles. The van der Waals surface area contributed by atoms with E-state index in [1.54, 1.807) is 10.6 Å². The Labute approximate surface area is 178 Å². The minimum Gasteiger partial charge on any atom is -0.349 e. The summed E-state index contributed by atoms with van der Waals surface area (Å²) in [5, 5.41) is 4.04. The SMILES string of the molecule is C[C@@H](NC(=O)CSc1nc2ccccc2c(=O)n1-c1ccccc1)c1ccccc1. The van der Waals surface area contributed by atoms with Crippen molar-refractivity contribution in [1.82, 2.24) is 14.9 Å². The first-order valence-corrected chi connectivity index (χ1v) is 10.7. The third-order valence-electron chi connectivity index (χ3n) is 4.77. The Morgan fingerprint density at radius 2 is 1.60 bits per heavy atom. The van der Waals surface area contributed by atoms with Crippen LogP contribution in [0, 0.1) is 0 Å². The zero-order valence-electron chi connectivity index (χ0n) is 16.5. The van der Waals surface area contributed by atoms with E-state index in [1.165, 1.54) is 11.8 Å². The molecule has 1 heterocycles. The third kappa shape index (κ3) is 4.28. The van der Waals surface area contributed by atoms with Crippen LogP contribution in [-0.4, -0.2) is 21.2 Å². The van der Waals surface area contributed by atoms with Crippen LogP contribution in [0.5, 0.6) is 0 Å². The first kappa shape index (κ1) is 19.9. The largest absolute Gasteiger partial charge is 0.349 e. The fourth-order valence-electron chi connectivity index (χ4n) is 3.25. The molecule has 1 N–H and O–H groups in total. The smallest absolute Gasteiger partial charge is 0.266 e. The van der Waals surface area contributed by atoms with Crippen LogP contribution in [0.25, 0.3) is 16.6 Å². The second kappa shape index (κ2) is 8.97. The van der Waals surface area contributed by atoms with E-state index in [1.807, 2.05) is 85.8 Å². The highest BCUT2D eigenvalue weighted by molar-refractivity contribution is 7.99. The van der Waals surface area contributed by atoms with Crippen molar-refractivity contribution >= 4 is 28.6 Å². The Bertz CT molecular complexity index is 1220. The van der Waals surface area contributed by atoms with Gasteiger partial charge in [0.05, 0.1) is 28.4 Å². The van der Waals surface area contributed by atoms with Gasteiger partial charge in [-0.3, -0.25) is 14.2 Å². The van der Waals surface area contributed by atoms with Gasteiger partial charge in [-0.25, -0.2) is 4.98 Å². The highest BCUT2D eigenvalue weighted by Crippen LogP contribution is 2.21. The highest BCUT2D eigenvalue weighted by atomic mass is 32.2. The predicted molar refractivity (Wildman–Crippen MR) is 121 cm³/mol. The van der Waals surface area contributed by atoms with E-state index in [2.05, 4.69) is 10.3 Å². The Morgan fingerprint density at radius 3 is 2.33 bits per heavy atom. The number of nitrogens with zero attached hydrogens (tertiary/aromatic N) is 2. The van der Waals surface area contributed by atoms with Gasteiger partial charge in [0, 0.05) is 0 Å². The molecular formula is C24H21N3O2S. The maximum absolute atomic E-state index is 13.2. The maximum atomic E-state index is 13.2. The summed E-state index contributed by atoms with van der Waals surface area (Å²) in [5.74, 6) is 0.0489. The molecule has 1 aromatic heterocycles. The molecule has 1 amide bonds. The van der Waals surface area contributed by atoms with Gasteiger partial charge in [0.25, 0.3) is 5.56 Å². The Hall–Kier alpha value is -3.38. The number of carbonyl (C=O) groups is 1. The molecule has 30 heavy (non-hydrogen) atoms. The van der Waals surface area contributed by atoms with Gasteiger partial charge >= 0.3 is 0 Å². The lowest BCUT2D eigenvalue weighted by molar-refractivity contribution is -0.119. The summed E-state index contributed by atoms with van der Waals surface area (Å²) in [5.41, 5.74) is 2.24. The summed E-state index contributed by atoms with van der Waals surface area (Å²) in [6.07, 6.45) is 0. The zero-order valence-corrected chi connectivity index (χ0v) is 17.3. The van der Waals surface area contributed by atoms with Crippen LogP contribution >= 0.6 is 11.8 Å². The van der Waals surface area contributed by atoms with E-state index in [0.29, 0.717) is 16.1 Å². The number of aromatic nitrogens is 2. The second-order valence-corrected chi connectivity index (χ2v) is 7.82. The molecule has 5 nitrogen and oxygen atoms in total. The van der Waals surface area contributed by atoms with E-state index < -0.39 is 0 Å². The molecule has 0 spiro atoms. The molecule has 0 unspecified atom stereocenters. The molecule has 4 rings (SSSR count). The number of fused-ring (bicyclic) bond motifs is 1. The van der Waals surface area contributed by atoms with Crippen LogP contribution in [-0.2, 0) is 4.79 Å². The summed E-state index contributed by atoms with van der Waals surface area (Å²) in [4.78, 5) is 30.4. The first-order chi connectivity index (χ1) is 14.6. The summed E-state index contributed by atoms with van der Waals surface area (Å²) in [6.45, 7) is 1.95. The Morgan fingerprint density at radius 1 is 0.967 bits per heavy atom. The number of amides is 1. The Balaban J connectivity index is 1.60. The normalized spacial score (nSPS) is 11.9. The van der Waals surface area contributed by atoms with Crippen LogP contribution < -0.4 is 10.9 Å². The monoisotopic (exact) mass is 415 g/mol. The predicted octanol–water partition coefficient (Wildman–Crippen LogP) is 4.36. The van der Waals surface area contributed by atoms with Gasteiger partial charge in [0.2, 0.25) is 5.91 Å². The van der Waals surface area contributed by atoms with E-state index in [4.69, 9.17) is 0 Å². The molecule has 1 atom stereocenters. The molecule has 0 fully saturated rings. The zero-order chi connectivity index (χ0) is 20.9. The average molecular weight is 416 g/mol. The third-order valence-corrected chi connectivity index (χ3v) is 5.71. The summed E-state index contributed by atoms with van der Waals surface area (Å²) in [6, 6.07) is 26.3. The van der Waals surface area contributed by atoms with Gasteiger partial charge in [0.1, 0.15) is 0 Å². The average Bonchev–Trinajstić information content (AvgIpc) is 2.79. The molecule has 0 bridgehead atoms. The quantitative estimate of drug-likeness (QED) is 0.376. The maximum Gasteiger partial charge on any atom is 0.266 e. The van der Waals surface area contributed by atoms with Gasteiger partial charge in [-0.1, -0.05) is 72.4 Å². The molecule has 6 heteroatoms. The number of carbonyl (C=O) groups excluding carboxylic acids is 1. The minimum absolute atomic E-state index is 0.0971. The fraction of sp³-hybridized carbons (Fsp3) is 0.125. The molecule has 0 aliphatic rings. The second-order valence-electron chi connectivity index (χ2n) is 6.88. The van der Waals surface area contributed by atoms with Crippen molar-refractivity contribution in [1.29, 1.82) is 0 Å². The van der Waals surface area contributed by atoms with Gasteiger partial charge in [-0.05, 0) is 36.8 Å². The number of para-hydroxylation sites is 2. The number of hydrogen-bond acceptors (Lipinski definition) is 4. The van der Waals surface area contributed by atoms with Crippen molar-refractivity contribution in [2.75, 3.05) is 5.75 Å². The van der Waals surface area contributed by atoms with Crippen LogP contribution in [0.1, 0.15) is 18.5 Å². The van der Waals surface area contributed by atoms with E-state index in [0.717, 1.165) is 11.3 Å². The summed E-state index contributed by atoms with van der Waals surface area (Å²) in [7, 11) is 0. The van der Waals surface area contributed by atoms with Gasteiger partial charge in [0.15, 0.2) is 5.16 Å². The molecule has 0 aliphatic carbocycles. The molecular weight excluding hydrogens is 394 g/mol. The van der Waals surface area contributed by atoms with Crippen LogP contribution in [0.3, 0.4) is 0 Å². The van der Waals surface area contributed by atoms with Crippen molar-refractivity contribution in [3.63, 3.8) is 0 Å². The van der Waals surface area contributed by atoms with Crippen molar-refractivity contribution in [2.45, 2.75) is 18.1 Å². The number of rotatable bonds is 6. The van der Waals surface area contributed by atoms with Gasteiger partial charge in [-0.15, -0.1) is 0 Å². The highest BCUT2D eigenvalue weighted by Gasteiger charge is 2.15. The van der Waals surface area contributed by atoms with Gasteiger partial charge in [-0.2, -0.15) is 0 Å². The topological polar surface area (TPSA) is 64.0 Å². The number of thioether (sulfide) groups is 1. The molecule has 3 aromatic carbocycles. The number of benzene rings is 3. The van der Waals surface area contributed by atoms with Crippen molar-refractivity contribution in [2.24, 2.45) is 0 Å². The van der Waals surface area contributed by atoms with E-state index in [-0.39, 0.29) is 23.3 Å². The van der Waals surface area contributed by atoms with Crippen molar-refractivity contribution in [3.8, 4) is 5.69 Å². The van der Waals surface area contributed by atoms with Gasteiger partial charge < -0.3 is 5.32 Å². The number of hydrogen-bond donors (Lipinski definition) is 1. The summed E-state index contributed by atoms with van der Waals surface area (Å²) < 4.78 is 1.57. The fourth-order valence-corrected chi connectivity index (χ4v) is 4.08.